The molecule has 0 bridgehead atoms. The first kappa shape index (κ1) is 14.3. The minimum Gasteiger partial charge on any atom is -0.486 e. The molecule has 3 aromatic rings. The van der Waals surface area contributed by atoms with Crippen molar-refractivity contribution in [3.05, 3.63) is 46.5 Å². The highest BCUT2D eigenvalue weighted by Gasteiger charge is 2.13. The van der Waals surface area contributed by atoms with Crippen molar-refractivity contribution < 1.29 is 9.47 Å². The van der Waals surface area contributed by atoms with Gasteiger partial charge in [-0.2, -0.15) is 5.10 Å². The minimum atomic E-state index is 0.599. The van der Waals surface area contributed by atoms with Gasteiger partial charge in [-0.15, -0.1) is 11.3 Å². The van der Waals surface area contributed by atoms with Crippen LogP contribution in [0.1, 0.15) is 10.7 Å². The quantitative estimate of drug-likeness (QED) is 0.737. The Morgan fingerprint density at radius 1 is 1.17 bits per heavy atom. The van der Waals surface area contributed by atoms with Crippen LogP contribution in [-0.4, -0.2) is 28.0 Å². The Labute approximate surface area is 138 Å². The van der Waals surface area contributed by atoms with Crippen molar-refractivity contribution in [2.45, 2.75) is 19.9 Å². The molecule has 1 aliphatic rings. The number of hydrogen-bond donors (Lipinski definition) is 0. The van der Waals surface area contributed by atoms with Crippen molar-refractivity contribution in [1.29, 1.82) is 0 Å². The second kappa shape index (κ2) is 6.04. The molecule has 0 spiro atoms. The van der Waals surface area contributed by atoms with Crippen molar-refractivity contribution in [2.75, 3.05) is 13.2 Å². The second-order valence-corrected chi connectivity index (χ2v) is 6.40. The molecule has 1 aliphatic heterocycles. The molecule has 1 aromatic carbocycles. The topological polar surface area (TPSA) is 49.2 Å². The molecule has 0 aliphatic carbocycles. The summed E-state index contributed by atoms with van der Waals surface area (Å²) in [6.07, 6.45) is 2.89. The molecular formula is C17H17N3O2S. The van der Waals surface area contributed by atoms with E-state index < -0.39 is 0 Å². The van der Waals surface area contributed by atoms with E-state index in [4.69, 9.17) is 14.5 Å². The highest BCUT2D eigenvalue weighted by atomic mass is 32.1. The Morgan fingerprint density at radius 2 is 2.04 bits per heavy atom. The number of thiazole rings is 1. The lowest BCUT2D eigenvalue weighted by atomic mass is 10.1. The van der Waals surface area contributed by atoms with Crippen LogP contribution in [0.3, 0.4) is 0 Å². The smallest absolute Gasteiger partial charge is 0.162 e. The molecule has 3 heterocycles. The van der Waals surface area contributed by atoms with Crippen LogP contribution in [0.15, 0.2) is 35.8 Å². The predicted octanol–water partition coefficient (Wildman–Crippen LogP) is 3.33. The molecule has 0 amide bonds. The molecule has 6 heteroatoms. The van der Waals surface area contributed by atoms with E-state index >= 15 is 0 Å². The van der Waals surface area contributed by atoms with E-state index in [-0.39, 0.29) is 0 Å². The average molecular weight is 327 g/mol. The van der Waals surface area contributed by atoms with Crippen LogP contribution in [0, 0.1) is 6.92 Å². The van der Waals surface area contributed by atoms with Crippen LogP contribution in [0.2, 0.25) is 0 Å². The number of nitrogens with zero attached hydrogens (tertiary/aromatic N) is 3. The molecule has 0 saturated carbocycles. The van der Waals surface area contributed by atoms with Crippen LogP contribution in [0.25, 0.3) is 11.3 Å². The maximum atomic E-state index is 5.64. The number of aryl methyl sites for hydroxylation is 3. The summed E-state index contributed by atoms with van der Waals surface area (Å²) in [7, 11) is 0. The molecule has 118 valence electrons. The third-order valence-electron chi connectivity index (χ3n) is 3.72. The summed E-state index contributed by atoms with van der Waals surface area (Å²) in [6, 6.07) is 8.01. The first-order chi connectivity index (χ1) is 11.3. The van der Waals surface area contributed by atoms with E-state index in [9.17, 15) is 0 Å². The summed E-state index contributed by atoms with van der Waals surface area (Å²) in [4.78, 5) is 4.73. The largest absolute Gasteiger partial charge is 0.486 e. The van der Waals surface area contributed by atoms with Gasteiger partial charge in [-0.1, -0.05) is 0 Å². The summed E-state index contributed by atoms with van der Waals surface area (Å²) in [5.41, 5.74) is 3.09. The van der Waals surface area contributed by atoms with Crippen molar-refractivity contribution in [1.82, 2.24) is 14.8 Å². The third kappa shape index (κ3) is 3.07. The molecular weight excluding hydrogens is 310 g/mol. The Morgan fingerprint density at radius 3 is 2.87 bits per heavy atom. The van der Waals surface area contributed by atoms with Crippen molar-refractivity contribution in [3.8, 4) is 22.8 Å². The van der Waals surface area contributed by atoms with E-state index in [0.717, 1.165) is 46.4 Å². The monoisotopic (exact) mass is 327 g/mol. The zero-order chi connectivity index (χ0) is 15.6. The summed E-state index contributed by atoms with van der Waals surface area (Å²) >= 11 is 1.68. The number of hydrogen-bond acceptors (Lipinski definition) is 5. The zero-order valence-corrected chi connectivity index (χ0v) is 13.7. The molecule has 23 heavy (non-hydrogen) atoms. The molecule has 2 aromatic heterocycles. The lowest BCUT2D eigenvalue weighted by molar-refractivity contribution is 0.171. The third-order valence-corrected chi connectivity index (χ3v) is 4.63. The molecule has 5 nitrogen and oxygen atoms in total. The van der Waals surface area contributed by atoms with Crippen molar-refractivity contribution in [2.24, 2.45) is 0 Å². The number of ether oxygens (including phenoxy) is 2. The second-order valence-electron chi connectivity index (χ2n) is 5.46. The van der Waals surface area contributed by atoms with E-state index in [0.29, 0.717) is 13.2 Å². The number of aromatic nitrogens is 3. The zero-order valence-electron chi connectivity index (χ0n) is 12.9. The Balaban J connectivity index is 1.49. The van der Waals surface area contributed by atoms with Crippen molar-refractivity contribution in [3.63, 3.8) is 0 Å². The minimum absolute atomic E-state index is 0.599. The molecule has 0 radical (unpaired) electrons. The van der Waals surface area contributed by atoms with Crippen LogP contribution in [0.5, 0.6) is 11.5 Å². The number of benzene rings is 1. The fraction of sp³-hybridized carbons (Fsp3) is 0.294. The van der Waals surface area contributed by atoms with Gasteiger partial charge in [-0.05, 0) is 31.2 Å². The average Bonchev–Trinajstić information content (AvgIpc) is 3.21. The molecule has 0 N–H and O–H groups in total. The summed E-state index contributed by atoms with van der Waals surface area (Å²) < 4.78 is 13.2. The molecule has 4 rings (SSSR count). The standard InChI is InChI=1S/C17H17N3O2S/c1-12-4-6-20(19-12)7-5-17-18-14(11-23-17)13-2-3-15-16(10-13)22-9-8-21-15/h2-4,6,10-11H,5,7-9H2,1H3. The van der Waals surface area contributed by atoms with E-state index in [1.807, 2.05) is 42.1 Å². The van der Waals surface area contributed by atoms with Crippen LogP contribution < -0.4 is 9.47 Å². The van der Waals surface area contributed by atoms with Gasteiger partial charge in [-0.25, -0.2) is 4.98 Å². The highest BCUT2D eigenvalue weighted by molar-refractivity contribution is 7.09. The van der Waals surface area contributed by atoms with Gasteiger partial charge in [0.25, 0.3) is 0 Å². The first-order valence-electron chi connectivity index (χ1n) is 7.62. The maximum absolute atomic E-state index is 5.64. The van der Waals surface area contributed by atoms with Crippen LogP contribution >= 0.6 is 11.3 Å². The maximum Gasteiger partial charge on any atom is 0.162 e. The van der Waals surface area contributed by atoms with E-state index in [1.54, 1.807) is 11.3 Å². The Bertz CT molecular complexity index is 825. The normalized spacial score (nSPS) is 13.3. The van der Waals surface area contributed by atoms with Gasteiger partial charge in [0.1, 0.15) is 13.2 Å². The van der Waals surface area contributed by atoms with Gasteiger partial charge in [0.15, 0.2) is 11.5 Å². The lowest BCUT2D eigenvalue weighted by Crippen LogP contribution is -2.15. The van der Waals surface area contributed by atoms with Gasteiger partial charge in [0.2, 0.25) is 0 Å². The molecule has 0 atom stereocenters. The predicted molar refractivity (Wildman–Crippen MR) is 89.2 cm³/mol. The van der Waals surface area contributed by atoms with Crippen LogP contribution in [0.4, 0.5) is 0 Å². The molecule has 0 saturated heterocycles. The summed E-state index contributed by atoms with van der Waals surface area (Å²) in [5.74, 6) is 1.61. The van der Waals surface area contributed by atoms with Gasteiger partial charge in [0.05, 0.1) is 16.4 Å². The Hall–Kier alpha value is -2.34. The number of fused-ring (bicyclic) bond motifs is 1. The first-order valence-corrected chi connectivity index (χ1v) is 8.50. The van der Waals surface area contributed by atoms with E-state index in [1.165, 1.54) is 0 Å². The van der Waals surface area contributed by atoms with Gasteiger partial charge in [-0.3, -0.25) is 4.68 Å². The SMILES string of the molecule is Cc1ccn(CCc2nc(-c3ccc4c(c3)OCCO4)cs2)n1. The highest BCUT2D eigenvalue weighted by Crippen LogP contribution is 2.34. The van der Waals surface area contributed by atoms with Gasteiger partial charge in [0, 0.05) is 30.1 Å². The van der Waals surface area contributed by atoms with Gasteiger partial charge < -0.3 is 9.47 Å². The summed E-state index contributed by atoms with van der Waals surface area (Å²) in [6.45, 7) is 4.06. The Kier molecular flexibility index (Phi) is 3.75. The van der Waals surface area contributed by atoms with E-state index in [2.05, 4.69) is 10.5 Å². The fourth-order valence-corrected chi connectivity index (χ4v) is 3.36. The number of rotatable bonds is 4. The fourth-order valence-electron chi connectivity index (χ4n) is 2.56. The molecule has 0 unspecified atom stereocenters. The van der Waals surface area contributed by atoms with Crippen molar-refractivity contribution >= 4 is 11.3 Å². The van der Waals surface area contributed by atoms with Gasteiger partial charge >= 0.3 is 0 Å². The summed E-state index contributed by atoms with van der Waals surface area (Å²) in [5, 5.41) is 7.61. The van der Waals surface area contributed by atoms with Crippen LogP contribution in [-0.2, 0) is 13.0 Å². The molecule has 0 fully saturated rings. The lowest BCUT2D eigenvalue weighted by Gasteiger charge is -2.18.